The van der Waals surface area contributed by atoms with Gasteiger partial charge in [-0.05, 0) is 31.4 Å². The molecule has 0 aliphatic heterocycles. The van der Waals surface area contributed by atoms with Gasteiger partial charge in [0.2, 0.25) is 0 Å². The van der Waals surface area contributed by atoms with Crippen molar-refractivity contribution >= 4 is 17.8 Å². The second-order valence-electron chi connectivity index (χ2n) is 5.72. The molecule has 5 heteroatoms. The van der Waals surface area contributed by atoms with Crippen molar-refractivity contribution in [1.82, 2.24) is 10.6 Å². The predicted octanol–water partition coefficient (Wildman–Crippen LogP) is 2.76. The van der Waals surface area contributed by atoms with Gasteiger partial charge in [-0.15, -0.1) is 0 Å². The Morgan fingerprint density at radius 3 is 2.65 bits per heavy atom. The van der Waals surface area contributed by atoms with Gasteiger partial charge in [0.05, 0.1) is 6.10 Å². The molecule has 2 amide bonds. The molecule has 0 aromatic carbocycles. The van der Waals surface area contributed by atoms with E-state index in [4.69, 9.17) is 0 Å². The van der Waals surface area contributed by atoms with Crippen molar-refractivity contribution in [2.45, 2.75) is 69.8 Å². The molecule has 0 saturated heterocycles. The maximum absolute atomic E-state index is 11.9. The van der Waals surface area contributed by atoms with E-state index >= 15 is 0 Å². The average Bonchev–Trinajstić information content (AvgIpc) is 2.46. The second-order valence-corrected chi connectivity index (χ2v) is 6.86. The van der Waals surface area contributed by atoms with Crippen LogP contribution in [-0.4, -0.2) is 41.3 Å². The van der Waals surface area contributed by atoms with Crippen LogP contribution in [0.1, 0.15) is 52.4 Å². The molecule has 0 aromatic rings. The monoisotopic (exact) mass is 302 g/mol. The van der Waals surface area contributed by atoms with Gasteiger partial charge in [0.1, 0.15) is 0 Å². The van der Waals surface area contributed by atoms with Gasteiger partial charge < -0.3 is 15.7 Å². The standard InChI is InChI=1S/C15H30N2O2S/c1-4-11(5-2)14(18)10-16-15(19)17-12-7-6-8-13(9-12)20-3/h11-14,18H,4-10H2,1-3H3,(H2,16,17,19). The first kappa shape index (κ1) is 17.6. The first-order valence-electron chi connectivity index (χ1n) is 7.85. The molecule has 3 N–H and O–H groups in total. The van der Waals surface area contributed by atoms with Crippen molar-refractivity contribution < 1.29 is 9.90 Å². The van der Waals surface area contributed by atoms with Crippen LogP contribution in [0.15, 0.2) is 0 Å². The lowest BCUT2D eigenvalue weighted by molar-refractivity contribution is 0.103. The van der Waals surface area contributed by atoms with Gasteiger partial charge in [-0.25, -0.2) is 4.79 Å². The fourth-order valence-corrected chi connectivity index (χ4v) is 3.75. The molecular weight excluding hydrogens is 272 g/mol. The number of nitrogens with one attached hydrogen (secondary N) is 2. The van der Waals surface area contributed by atoms with E-state index in [2.05, 4.69) is 30.7 Å². The Hall–Kier alpha value is -0.420. The van der Waals surface area contributed by atoms with E-state index in [1.807, 2.05) is 11.8 Å². The van der Waals surface area contributed by atoms with E-state index in [0.717, 1.165) is 25.7 Å². The van der Waals surface area contributed by atoms with Crippen LogP contribution in [0.5, 0.6) is 0 Å². The van der Waals surface area contributed by atoms with E-state index in [9.17, 15) is 9.90 Å². The molecule has 1 rings (SSSR count). The Balaban J connectivity index is 2.26. The number of rotatable bonds is 7. The van der Waals surface area contributed by atoms with Crippen LogP contribution in [0.2, 0.25) is 0 Å². The Labute approximate surface area is 127 Å². The molecule has 4 nitrogen and oxygen atoms in total. The van der Waals surface area contributed by atoms with Gasteiger partial charge in [0, 0.05) is 17.8 Å². The van der Waals surface area contributed by atoms with Crippen LogP contribution in [0.4, 0.5) is 4.79 Å². The van der Waals surface area contributed by atoms with Crippen LogP contribution in [0.3, 0.4) is 0 Å². The first-order valence-corrected chi connectivity index (χ1v) is 9.14. The van der Waals surface area contributed by atoms with E-state index < -0.39 is 6.10 Å². The summed E-state index contributed by atoms with van der Waals surface area (Å²) in [6.45, 7) is 4.49. The smallest absolute Gasteiger partial charge is 0.315 e. The number of aliphatic hydroxyl groups is 1. The summed E-state index contributed by atoms with van der Waals surface area (Å²) in [5.74, 6) is 0.269. The minimum atomic E-state index is -0.443. The van der Waals surface area contributed by atoms with Gasteiger partial charge in [-0.3, -0.25) is 0 Å². The summed E-state index contributed by atoms with van der Waals surface area (Å²) in [5, 5.41) is 16.5. The van der Waals surface area contributed by atoms with Gasteiger partial charge in [-0.1, -0.05) is 33.1 Å². The molecule has 20 heavy (non-hydrogen) atoms. The van der Waals surface area contributed by atoms with Crippen molar-refractivity contribution in [3.05, 3.63) is 0 Å². The highest BCUT2D eigenvalue weighted by Crippen LogP contribution is 2.26. The normalized spacial score (nSPS) is 24.4. The van der Waals surface area contributed by atoms with Crippen LogP contribution in [0, 0.1) is 5.92 Å². The molecule has 0 radical (unpaired) electrons. The van der Waals surface area contributed by atoms with Crippen molar-refractivity contribution in [2.75, 3.05) is 12.8 Å². The van der Waals surface area contributed by atoms with Crippen LogP contribution < -0.4 is 10.6 Å². The Kier molecular flexibility index (Phi) is 8.38. The minimum absolute atomic E-state index is 0.137. The third-order valence-corrected chi connectivity index (χ3v) is 5.45. The molecule has 1 saturated carbocycles. The molecule has 3 unspecified atom stereocenters. The van der Waals surface area contributed by atoms with Gasteiger partial charge in [-0.2, -0.15) is 11.8 Å². The molecule has 1 aliphatic rings. The molecule has 0 heterocycles. The maximum Gasteiger partial charge on any atom is 0.315 e. The number of urea groups is 1. The topological polar surface area (TPSA) is 61.4 Å². The molecule has 0 bridgehead atoms. The number of thioether (sulfide) groups is 1. The van der Waals surface area contributed by atoms with Crippen molar-refractivity contribution in [3.8, 4) is 0 Å². The fourth-order valence-electron chi connectivity index (χ4n) is 2.92. The van der Waals surface area contributed by atoms with Gasteiger partial charge in [0.25, 0.3) is 0 Å². The summed E-state index contributed by atoms with van der Waals surface area (Å²) in [7, 11) is 0. The zero-order valence-electron chi connectivity index (χ0n) is 13.0. The summed E-state index contributed by atoms with van der Waals surface area (Å²) >= 11 is 1.89. The fraction of sp³-hybridized carbons (Fsp3) is 0.933. The van der Waals surface area contributed by atoms with Crippen molar-refractivity contribution in [1.29, 1.82) is 0 Å². The zero-order chi connectivity index (χ0) is 15.0. The Bertz CT molecular complexity index is 285. The van der Waals surface area contributed by atoms with E-state index in [-0.39, 0.29) is 18.0 Å². The summed E-state index contributed by atoms with van der Waals surface area (Å²) in [4.78, 5) is 11.9. The molecular formula is C15H30N2O2S. The van der Waals surface area contributed by atoms with Gasteiger partial charge in [0.15, 0.2) is 0 Å². The lowest BCUT2D eigenvalue weighted by Gasteiger charge is -2.29. The maximum atomic E-state index is 11.9. The molecule has 0 aromatic heterocycles. The van der Waals surface area contributed by atoms with Gasteiger partial charge >= 0.3 is 6.03 Å². The molecule has 1 aliphatic carbocycles. The molecule has 118 valence electrons. The molecule has 1 fully saturated rings. The number of carbonyl (C=O) groups is 1. The highest BCUT2D eigenvalue weighted by Gasteiger charge is 2.23. The van der Waals surface area contributed by atoms with E-state index in [1.54, 1.807) is 0 Å². The summed E-state index contributed by atoms with van der Waals surface area (Å²) in [6.07, 6.45) is 8.16. The first-order chi connectivity index (χ1) is 9.60. The quantitative estimate of drug-likeness (QED) is 0.677. The predicted molar refractivity (Wildman–Crippen MR) is 86.2 cm³/mol. The number of aliphatic hydroxyl groups excluding tert-OH is 1. The zero-order valence-corrected chi connectivity index (χ0v) is 13.8. The molecule has 0 spiro atoms. The average molecular weight is 302 g/mol. The third-order valence-electron chi connectivity index (χ3n) is 4.36. The lowest BCUT2D eigenvalue weighted by Crippen LogP contribution is -2.47. The summed E-state index contributed by atoms with van der Waals surface area (Å²) < 4.78 is 0. The van der Waals surface area contributed by atoms with Crippen LogP contribution in [0.25, 0.3) is 0 Å². The Morgan fingerprint density at radius 2 is 2.05 bits per heavy atom. The van der Waals surface area contributed by atoms with Crippen LogP contribution in [-0.2, 0) is 0 Å². The highest BCUT2D eigenvalue weighted by atomic mass is 32.2. The minimum Gasteiger partial charge on any atom is -0.391 e. The molecule has 3 atom stereocenters. The summed E-state index contributed by atoms with van der Waals surface area (Å²) in [5.41, 5.74) is 0. The number of hydrogen-bond acceptors (Lipinski definition) is 3. The highest BCUT2D eigenvalue weighted by molar-refractivity contribution is 7.99. The Morgan fingerprint density at radius 1 is 1.35 bits per heavy atom. The lowest BCUT2D eigenvalue weighted by atomic mass is 9.95. The van der Waals surface area contributed by atoms with E-state index in [1.165, 1.54) is 12.8 Å². The van der Waals surface area contributed by atoms with E-state index in [0.29, 0.717) is 11.8 Å². The third kappa shape index (κ3) is 5.92. The second kappa shape index (κ2) is 9.50. The number of hydrogen-bond donors (Lipinski definition) is 3. The number of amides is 2. The summed E-state index contributed by atoms with van der Waals surface area (Å²) in [6, 6.07) is 0.147. The largest absolute Gasteiger partial charge is 0.391 e. The van der Waals surface area contributed by atoms with Crippen molar-refractivity contribution in [2.24, 2.45) is 5.92 Å². The SMILES string of the molecule is CCC(CC)C(O)CNC(=O)NC1CCCC(SC)C1. The van der Waals surface area contributed by atoms with Crippen LogP contribution >= 0.6 is 11.8 Å². The number of carbonyl (C=O) groups excluding carboxylic acids is 1. The van der Waals surface area contributed by atoms with Crippen molar-refractivity contribution in [3.63, 3.8) is 0 Å².